The normalized spacial score (nSPS) is 15.3. The van der Waals surface area contributed by atoms with Crippen LogP contribution in [0.4, 0.5) is 0 Å². The minimum atomic E-state index is -1.54. The van der Waals surface area contributed by atoms with Gasteiger partial charge in [0.2, 0.25) is 4.51 Å². The summed E-state index contributed by atoms with van der Waals surface area (Å²) in [4.78, 5) is 10.9. The lowest BCUT2D eigenvalue weighted by molar-refractivity contribution is -0.154. The van der Waals surface area contributed by atoms with Gasteiger partial charge in [0.15, 0.2) is 0 Å². The van der Waals surface area contributed by atoms with E-state index in [2.05, 4.69) is 22.9 Å². The fourth-order valence-electron chi connectivity index (χ4n) is 0.649. The van der Waals surface area contributed by atoms with Crippen molar-refractivity contribution in [2.24, 2.45) is 0 Å². The van der Waals surface area contributed by atoms with Crippen LogP contribution in [0.3, 0.4) is 0 Å². The SMILES string of the molecule is CCCCCOC(=O)C(C)(O)Br. The van der Waals surface area contributed by atoms with E-state index in [4.69, 9.17) is 9.84 Å². The second-order valence-corrected chi connectivity index (χ2v) is 4.34. The maximum Gasteiger partial charge on any atom is 0.349 e. The predicted octanol–water partition coefficient (Wildman–Crippen LogP) is 1.82. The molecule has 0 aliphatic heterocycles. The summed E-state index contributed by atoms with van der Waals surface area (Å²) in [6, 6.07) is 0. The fourth-order valence-corrected chi connectivity index (χ4v) is 0.763. The molecule has 0 fully saturated rings. The van der Waals surface area contributed by atoms with Crippen molar-refractivity contribution in [3.05, 3.63) is 0 Å². The number of carbonyl (C=O) groups excluding carboxylic acids is 1. The number of ether oxygens (including phenoxy) is 1. The van der Waals surface area contributed by atoms with E-state index in [0.717, 1.165) is 19.3 Å². The monoisotopic (exact) mass is 238 g/mol. The molecule has 1 N–H and O–H groups in total. The number of rotatable bonds is 5. The molecule has 0 aliphatic rings. The van der Waals surface area contributed by atoms with Crippen LogP contribution < -0.4 is 0 Å². The molecule has 0 rings (SSSR count). The van der Waals surface area contributed by atoms with Crippen LogP contribution in [0.5, 0.6) is 0 Å². The Morgan fingerprint density at radius 2 is 2.17 bits per heavy atom. The number of unbranched alkanes of at least 4 members (excludes halogenated alkanes) is 2. The zero-order valence-corrected chi connectivity index (χ0v) is 9.06. The van der Waals surface area contributed by atoms with E-state index in [0.29, 0.717) is 6.61 Å². The topological polar surface area (TPSA) is 46.5 Å². The summed E-state index contributed by atoms with van der Waals surface area (Å²) in [7, 11) is 0. The molecule has 0 aromatic heterocycles. The maximum absolute atomic E-state index is 10.9. The molecule has 0 aliphatic carbocycles. The number of hydrogen-bond acceptors (Lipinski definition) is 3. The van der Waals surface area contributed by atoms with Gasteiger partial charge in [-0.2, -0.15) is 0 Å². The van der Waals surface area contributed by atoms with Gasteiger partial charge in [0.25, 0.3) is 0 Å². The Kier molecular flexibility index (Phi) is 5.50. The summed E-state index contributed by atoms with van der Waals surface area (Å²) >= 11 is 2.79. The van der Waals surface area contributed by atoms with E-state index in [1.54, 1.807) is 0 Å². The molecule has 1 unspecified atom stereocenters. The zero-order chi connectivity index (χ0) is 9.61. The molecule has 0 aromatic rings. The van der Waals surface area contributed by atoms with Crippen molar-refractivity contribution in [2.45, 2.75) is 37.6 Å². The van der Waals surface area contributed by atoms with Crippen molar-refractivity contribution in [3.63, 3.8) is 0 Å². The third-order valence-corrected chi connectivity index (χ3v) is 1.68. The summed E-state index contributed by atoms with van der Waals surface area (Å²) in [6.45, 7) is 3.80. The molecule has 0 saturated heterocycles. The third-order valence-electron chi connectivity index (χ3n) is 1.35. The largest absolute Gasteiger partial charge is 0.463 e. The number of esters is 1. The molecule has 0 spiro atoms. The molecule has 0 amide bonds. The number of carbonyl (C=O) groups is 1. The average molecular weight is 239 g/mol. The number of aliphatic hydroxyl groups is 1. The highest BCUT2D eigenvalue weighted by molar-refractivity contribution is 9.10. The van der Waals surface area contributed by atoms with Gasteiger partial charge in [-0.25, -0.2) is 4.79 Å². The second-order valence-electron chi connectivity index (χ2n) is 2.80. The van der Waals surface area contributed by atoms with E-state index in [-0.39, 0.29) is 0 Å². The zero-order valence-electron chi connectivity index (χ0n) is 7.47. The van der Waals surface area contributed by atoms with Gasteiger partial charge in [-0.15, -0.1) is 0 Å². The first-order valence-corrected chi connectivity index (χ1v) is 4.86. The first-order valence-electron chi connectivity index (χ1n) is 4.07. The highest BCUT2D eigenvalue weighted by atomic mass is 79.9. The van der Waals surface area contributed by atoms with Gasteiger partial charge in [0.05, 0.1) is 6.61 Å². The van der Waals surface area contributed by atoms with Crippen LogP contribution in [0.2, 0.25) is 0 Å². The molecule has 0 saturated carbocycles. The van der Waals surface area contributed by atoms with Crippen molar-refractivity contribution in [1.82, 2.24) is 0 Å². The van der Waals surface area contributed by atoms with Gasteiger partial charge in [-0.1, -0.05) is 19.8 Å². The van der Waals surface area contributed by atoms with Crippen LogP contribution >= 0.6 is 15.9 Å². The molecule has 0 bridgehead atoms. The lowest BCUT2D eigenvalue weighted by Crippen LogP contribution is -2.29. The lowest BCUT2D eigenvalue weighted by Gasteiger charge is -2.13. The van der Waals surface area contributed by atoms with Crippen LogP contribution in [0.25, 0.3) is 0 Å². The van der Waals surface area contributed by atoms with Crippen LogP contribution in [-0.4, -0.2) is 22.2 Å². The van der Waals surface area contributed by atoms with E-state index in [9.17, 15) is 4.79 Å². The van der Waals surface area contributed by atoms with Crippen molar-refractivity contribution >= 4 is 21.9 Å². The number of alkyl halides is 1. The molecule has 4 heteroatoms. The van der Waals surface area contributed by atoms with E-state index in [1.807, 2.05) is 0 Å². The third kappa shape index (κ3) is 5.55. The lowest BCUT2D eigenvalue weighted by atomic mass is 10.3. The van der Waals surface area contributed by atoms with Gasteiger partial charge in [-0.3, -0.25) is 0 Å². The summed E-state index contributed by atoms with van der Waals surface area (Å²) < 4.78 is 3.23. The fraction of sp³-hybridized carbons (Fsp3) is 0.875. The van der Waals surface area contributed by atoms with Gasteiger partial charge in [0, 0.05) is 0 Å². The Morgan fingerprint density at radius 1 is 1.58 bits per heavy atom. The average Bonchev–Trinajstić information content (AvgIpc) is 1.96. The minimum Gasteiger partial charge on any atom is -0.463 e. The van der Waals surface area contributed by atoms with Crippen LogP contribution in [0.1, 0.15) is 33.1 Å². The highest BCUT2D eigenvalue weighted by Gasteiger charge is 2.27. The summed E-state index contributed by atoms with van der Waals surface area (Å²) in [5.41, 5.74) is 0. The quantitative estimate of drug-likeness (QED) is 0.452. The van der Waals surface area contributed by atoms with Crippen LogP contribution in [0, 0.1) is 0 Å². The van der Waals surface area contributed by atoms with Crippen molar-refractivity contribution in [2.75, 3.05) is 6.61 Å². The molecule has 0 radical (unpaired) electrons. The first kappa shape index (κ1) is 11.9. The molecular weight excluding hydrogens is 224 g/mol. The Morgan fingerprint density at radius 3 is 2.58 bits per heavy atom. The summed E-state index contributed by atoms with van der Waals surface area (Å²) in [5.74, 6) is -0.626. The van der Waals surface area contributed by atoms with E-state index >= 15 is 0 Å². The Balaban J connectivity index is 3.45. The first-order chi connectivity index (χ1) is 5.48. The van der Waals surface area contributed by atoms with Gasteiger partial charge < -0.3 is 9.84 Å². The van der Waals surface area contributed by atoms with E-state index < -0.39 is 10.5 Å². The molecular formula is C8H15BrO3. The molecule has 72 valence electrons. The van der Waals surface area contributed by atoms with Crippen molar-refractivity contribution < 1.29 is 14.6 Å². The maximum atomic E-state index is 10.9. The summed E-state index contributed by atoms with van der Waals surface area (Å²) in [6.07, 6.45) is 2.98. The van der Waals surface area contributed by atoms with E-state index in [1.165, 1.54) is 6.92 Å². The van der Waals surface area contributed by atoms with Crippen LogP contribution in [-0.2, 0) is 9.53 Å². The predicted molar refractivity (Wildman–Crippen MR) is 50.0 cm³/mol. The van der Waals surface area contributed by atoms with Crippen LogP contribution in [0.15, 0.2) is 0 Å². The van der Waals surface area contributed by atoms with Gasteiger partial charge in [0.1, 0.15) is 0 Å². The molecule has 0 aromatic carbocycles. The highest BCUT2D eigenvalue weighted by Crippen LogP contribution is 2.14. The van der Waals surface area contributed by atoms with Crippen molar-refractivity contribution in [1.29, 1.82) is 0 Å². The standard InChI is InChI=1S/C8H15BrO3/c1-3-4-5-6-12-7(10)8(2,9)11/h11H,3-6H2,1-2H3. The Labute approximate surface area is 81.2 Å². The Hall–Kier alpha value is -0.0900. The minimum absolute atomic E-state index is 0.383. The molecule has 0 heterocycles. The molecule has 12 heavy (non-hydrogen) atoms. The molecule has 1 atom stereocenters. The van der Waals surface area contributed by atoms with Gasteiger partial charge >= 0.3 is 5.97 Å². The smallest absolute Gasteiger partial charge is 0.349 e. The number of hydrogen-bond donors (Lipinski definition) is 1. The molecule has 3 nitrogen and oxygen atoms in total. The van der Waals surface area contributed by atoms with Gasteiger partial charge in [-0.05, 0) is 29.3 Å². The number of halogens is 1. The Bertz CT molecular complexity index is 140. The van der Waals surface area contributed by atoms with Crippen molar-refractivity contribution in [3.8, 4) is 0 Å². The summed E-state index contributed by atoms with van der Waals surface area (Å²) in [5, 5.41) is 9.08. The second kappa shape index (κ2) is 5.54.